The number of rotatable bonds is 12. The quantitative estimate of drug-likeness (QED) is 0.225. The number of ether oxygens (including phenoxy) is 2. The van der Waals surface area contributed by atoms with E-state index in [0.717, 1.165) is 57.3 Å². The summed E-state index contributed by atoms with van der Waals surface area (Å²) < 4.78 is 40.6. The molecule has 0 aliphatic carbocycles. The van der Waals surface area contributed by atoms with Crippen LogP contribution in [0.25, 0.3) is 0 Å². The molecule has 2 aromatic rings. The Morgan fingerprint density at radius 1 is 1.12 bits per heavy atom. The summed E-state index contributed by atoms with van der Waals surface area (Å²) in [6, 6.07) is 11.6. The average Bonchev–Trinajstić information content (AvgIpc) is 2.95. The van der Waals surface area contributed by atoms with Gasteiger partial charge in [0.1, 0.15) is 5.69 Å². The molecule has 1 N–H and O–H groups in total. The second kappa shape index (κ2) is 13.5. The lowest BCUT2D eigenvalue weighted by Gasteiger charge is -2.39. The van der Waals surface area contributed by atoms with Crippen molar-refractivity contribution >= 4 is 27.1 Å². The molecule has 0 radical (unpaired) electrons. The van der Waals surface area contributed by atoms with Gasteiger partial charge in [0.25, 0.3) is 15.7 Å². The minimum atomic E-state index is -4.03. The summed E-state index contributed by atoms with van der Waals surface area (Å²) in [5.41, 5.74) is 1.96. The Hall–Kier alpha value is -2.69. The zero-order valence-corrected chi connectivity index (χ0v) is 25.6. The molecule has 2 unspecified atom stereocenters. The fourth-order valence-electron chi connectivity index (χ4n) is 5.83. The summed E-state index contributed by atoms with van der Waals surface area (Å²) >= 11 is 0. The molecule has 2 saturated heterocycles. The zero-order chi connectivity index (χ0) is 29.6. The van der Waals surface area contributed by atoms with Crippen molar-refractivity contribution < 1.29 is 22.8 Å². The molecule has 0 saturated carbocycles. The summed E-state index contributed by atoms with van der Waals surface area (Å²) in [6.07, 6.45) is 5.86. The number of anilines is 2. The van der Waals surface area contributed by atoms with Crippen molar-refractivity contribution in [3.63, 3.8) is 0 Å². The summed E-state index contributed by atoms with van der Waals surface area (Å²) in [7, 11) is -4.03. The summed E-state index contributed by atoms with van der Waals surface area (Å²) in [6.45, 7) is 11.3. The monoisotopic (exact) mass is 587 g/mol. The highest BCUT2D eigenvalue weighted by molar-refractivity contribution is 7.92. The number of sulfonamides is 1. The van der Waals surface area contributed by atoms with E-state index in [9.17, 15) is 18.5 Å². The van der Waals surface area contributed by atoms with Crippen molar-refractivity contribution in [2.45, 2.75) is 77.2 Å². The Morgan fingerprint density at radius 2 is 1.83 bits per heavy atom. The molecule has 0 aromatic heterocycles. The fourth-order valence-corrected chi connectivity index (χ4v) is 7.48. The lowest BCUT2D eigenvalue weighted by atomic mass is 9.75. The van der Waals surface area contributed by atoms with Crippen molar-refractivity contribution in [3.8, 4) is 0 Å². The Kier molecular flexibility index (Phi) is 10.3. The third-order valence-electron chi connectivity index (χ3n) is 8.39. The molecule has 2 heterocycles. The molecular weight excluding hydrogens is 542 g/mol. The number of aryl methyl sites for hydroxylation is 1. The van der Waals surface area contributed by atoms with E-state index in [2.05, 4.69) is 12.2 Å². The van der Waals surface area contributed by atoms with E-state index in [1.54, 1.807) is 12.1 Å². The van der Waals surface area contributed by atoms with Crippen LogP contribution in [0, 0.1) is 27.4 Å². The van der Waals surface area contributed by atoms with Crippen LogP contribution in [-0.2, 0) is 25.9 Å². The van der Waals surface area contributed by atoms with Gasteiger partial charge in [-0.2, -0.15) is 0 Å². The van der Waals surface area contributed by atoms with Gasteiger partial charge in [0, 0.05) is 39.0 Å². The van der Waals surface area contributed by atoms with Crippen LogP contribution < -0.4 is 9.62 Å². The van der Waals surface area contributed by atoms with Gasteiger partial charge in [0.15, 0.2) is 0 Å². The lowest BCUT2D eigenvalue weighted by Crippen LogP contribution is -2.36. The first-order valence-corrected chi connectivity index (χ1v) is 16.3. The van der Waals surface area contributed by atoms with Crippen molar-refractivity contribution in [1.82, 2.24) is 0 Å². The first-order valence-electron chi connectivity index (χ1n) is 14.8. The van der Waals surface area contributed by atoms with E-state index in [1.165, 1.54) is 22.5 Å². The van der Waals surface area contributed by atoms with Gasteiger partial charge < -0.3 is 14.8 Å². The van der Waals surface area contributed by atoms with E-state index < -0.39 is 14.9 Å². The topological polar surface area (TPSA) is 111 Å². The molecule has 0 bridgehead atoms. The first-order chi connectivity index (χ1) is 19.5. The van der Waals surface area contributed by atoms with Crippen molar-refractivity contribution in [1.29, 1.82) is 0 Å². The number of hydrogen-bond acceptors (Lipinski definition) is 7. The molecule has 2 fully saturated rings. The highest BCUT2D eigenvalue weighted by atomic mass is 32.2. The molecular formula is C31H45N3O6S. The Labute approximate surface area is 244 Å². The van der Waals surface area contributed by atoms with Crippen LogP contribution in [0.1, 0.15) is 65.4 Å². The molecule has 9 nitrogen and oxygen atoms in total. The predicted molar refractivity (Wildman–Crippen MR) is 162 cm³/mol. The summed E-state index contributed by atoms with van der Waals surface area (Å²) in [5, 5.41) is 15.3. The summed E-state index contributed by atoms with van der Waals surface area (Å²) in [4.78, 5) is 11.5. The van der Waals surface area contributed by atoms with Crippen LogP contribution in [0.5, 0.6) is 0 Å². The second-order valence-corrected chi connectivity index (χ2v) is 14.1. The van der Waals surface area contributed by atoms with E-state index in [4.69, 9.17) is 9.47 Å². The van der Waals surface area contributed by atoms with Crippen molar-refractivity contribution in [3.05, 3.63) is 58.1 Å². The maximum atomic E-state index is 13.8. The largest absolute Gasteiger partial charge is 0.381 e. The van der Waals surface area contributed by atoms with Gasteiger partial charge in [-0.3, -0.25) is 14.4 Å². The summed E-state index contributed by atoms with van der Waals surface area (Å²) in [5.74, 6) is 0.372. The third-order valence-corrected chi connectivity index (χ3v) is 10.2. The van der Waals surface area contributed by atoms with E-state index >= 15 is 0 Å². The SMILES string of the molecule is CCc1ccc(N(CC(C)C)S(=O)(=O)c2ccc(NCC3CCOC(CC4(C)CCOCC4)C3)c([N+](=O)[O-])c2)cc1. The van der Waals surface area contributed by atoms with Crippen molar-refractivity contribution in [2.75, 3.05) is 42.5 Å². The molecule has 2 aromatic carbocycles. The van der Waals surface area contributed by atoms with Crippen LogP contribution in [0.4, 0.5) is 17.1 Å². The minimum absolute atomic E-state index is 0.0592. The highest BCUT2D eigenvalue weighted by Gasteiger charge is 2.34. The maximum Gasteiger partial charge on any atom is 0.293 e. The lowest BCUT2D eigenvalue weighted by molar-refractivity contribution is -0.384. The Bertz CT molecular complexity index is 1280. The maximum absolute atomic E-state index is 13.8. The second-order valence-electron chi connectivity index (χ2n) is 12.3. The van der Waals surface area contributed by atoms with Gasteiger partial charge in [-0.05, 0) is 85.6 Å². The Morgan fingerprint density at radius 3 is 2.46 bits per heavy atom. The van der Waals surface area contributed by atoms with E-state index in [0.29, 0.717) is 30.4 Å². The average molecular weight is 588 g/mol. The van der Waals surface area contributed by atoms with E-state index in [-0.39, 0.29) is 34.6 Å². The Balaban J connectivity index is 1.49. The van der Waals surface area contributed by atoms with E-state index in [1.807, 2.05) is 32.9 Å². The molecule has 10 heteroatoms. The molecule has 4 rings (SSSR count). The minimum Gasteiger partial charge on any atom is -0.381 e. The van der Waals surface area contributed by atoms with Gasteiger partial charge in [-0.1, -0.05) is 39.8 Å². The number of benzene rings is 2. The van der Waals surface area contributed by atoms with Gasteiger partial charge in [0.05, 0.1) is 21.6 Å². The van der Waals surface area contributed by atoms with Crippen LogP contribution in [-0.4, -0.2) is 52.4 Å². The molecule has 2 aliphatic heterocycles. The van der Waals surface area contributed by atoms with Crippen LogP contribution in [0.15, 0.2) is 47.4 Å². The molecule has 2 aliphatic rings. The van der Waals surface area contributed by atoms with Crippen molar-refractivity contribution in [2.24, 2.45) is 17.3 Å². The number of nitrogens with one attached hydrogen (secondary N) is 1. The zero-order valence-electron chi connectivity index (χ0n) is 24.8. The van der Waals surface area contributed by atoms with Gasteiger partial charge in [-0.15, -0.1) is 0 Å². The van der Waals surface area contributed by atoms with Crippen LogP contribution in [0.3, 0.4) is 0 Å². The van der Waals surface area contributed by atoms with Crippen LogP contribution >= 0.6 is 0 Å². The highest BCUT2D eigenvalue weighted by Crippen LogP contribution is 2.38. The molecule has 41 heavy (non-hydrogen) atoms. The fraction of sp³-hybridized carbons (Fsp3) is 0.613. The van der Waals surface area contributed by atoms with Gasteiger partial charge in [0.2, 0.25) is 0 Å². The number of nitro groups is 1. The standard InChI is InChI=1S/C31H45N3O6S/c1-5-24-6-8-26(9-7-24)33(22-23(2)3)41(37,38)28-10-11-29(30(19-28)34(35)36)32-21-25-12-15-40-27(18-25)20-31(4)13-16-39-17-14-31/h6-11,19,23,25,27,32H,5,12-18,20-22H2,1-4H3. The molecule has 2 atom stereocenters. The molecule has 0 amide bonds. The third kappa shape index (κ3) is 7.99. The number of nitro benzene ring substituents is 1. The molecule has 0 spiro atoms. The number of hydrogen-bond donors (Lipinski definition) is 1. The molecule has 226 valence electrons. The van der Waals surface area contributed by atoms with Gasteiger partial charge in [-0.25, -0.2) is 8.42 Å². The smallest absolute Gasteiger partial charge is 0.293 e. The predicted octanol–water partition coefficient (Wildman–Crippen LogP) is 6.42. The van der Waals surface area contributed by atoms with Gasteiger partial charge >= 0.3 is 0 Å². The first kappa shape index (κ1) is 31.3. The number of nitrogens with zero attached hydrogens (tertiary/aromatic N) is 2. The van der Waals surface area contributed by atoms with Crippen LogP contribution in [0.2, 0.25) is 0 Å². The normalized spacial score (nSPS) is 21.0.